The van der Waals surface area contributed by atoms with Gasteiger partial charge in [0.25, 0.3) is 0 Å². The molecule has 0 N–H and O–H groups in total. The lowest BCUT2D eigenvalue weighted by Gasteiger charge is -2.26. The molecule has 70 valence electrons. The third kappa shape index (κ3) is 1.09. The molecule has 0 bridgehead atoms. The van der Waals surface area contributed by atoms with Crippen molar-refractivity contribution in [2.45, 2.75) is 18.4 Å². The first kappa shape index (κ1) is 7.86. The highest BCUT2D eigenvalue weighted by molar-refractivity contribution is 5.39. The van der Waals surface area contributed by atoms with E-state index in [-0.39, 0.29) is 5.60 Å². The highest BCUT2D eigenvalue weighted by Gasteiger charge is 2.36. The van der Waals surface area contributed by atoms with Crippen LogP contribution in [-0.4, -0.2) is 5.60 Å². The van der Waals surface area contributed by atoms with Gasteiger partial charge in [-0.25, -0.2) is 0 Å². The van der Waals surface area contributed by atoms with Gasteiger partial charge < -0.3 is 4.74 Å². The Morgan fingerprint density at radius 2 is 1.71 bits per heavy atom. The lowest BCUT2D eigenvalue weighted by molar-refractivity contribution is 0.0752. The van der Waals surface area contributed by atoms with Crippen molar-refractivity contribution in [3.8, 4) is 0 Å². The normalized spacial score (nSPS) is 20.9. The second kappa shape index (κ2) is 2.74. The van der Waals surface area contributed by atoms with Gasteiger partial charge in [-0.1, -0.05) is 30.3 Å². The van der Waals surface area contributed by atoms with Crippen LogP contribution >= 0.6 is 0 Å². The van der Waals surface area contributed by atoms with Gasteiger partial charge in [0.1, 0.15) is 5.60 Å². The molecule has 0 amide bonds. The van der Waals surface area contributed by atoms with Crippen molar-refractivity contribution in [3.05, 3.63) is 59.9 Å². The van der Waals surface area contributed by atoms with Crippen LogP contribution in [0.15, 0.2) is 48.8 Å². The molecule has 1 aliphatic carbocycles. The van der Waals surface area contributed by atoms with Crippen molar-refractivity contribution in [2.24, 2.45) is 0 Å². The van der Waals surface area contributed by atoms with E-state index in [0.29, 0.717) is 0 Å². The molecule has 1 heterocycles. The summed E-state index contributed by atoms with van der Waals surface area (Å²) in [6.07, 6.45) is 10.00. The maximum Gasteiger partial charge on any atom is 0.135 e. The van der Waals surface area contributed by atoms with Crippen molar-refractivity contribution >= 4 is 0 Å². The van der Waals surface area contributed by atoms with Gasteiger partial charge in [0.05, 0.1) is 6.26 Å². The molecule has 1 aromatic carbocycles. The fraction of sp³-hybridized carbons (Fsp3) is 0.231. The lowest BCUT2D eigenvalue weighted by atomic mass is 9.98. The molecule has 1 heteroatoms. The molecule has 1 spiro atoms. The van der Waals surface area contributed by atoms with Crippen LogP contribution in [0.2, 0.25) is 0 Å². The van der Waals surface area contributed by atoms with Crippen LogP contribution in [0.1, 0.15) is 11.1 Å². The first-order chi connectivity index (χ1) is 6.88. The molecule has 0 saturated carbocycles. The summed E-state index contributed by atoms with van der Waals surface area (Å²) in [4.78, 5) is 0. The molecule has 0 saturated heterocycles. The monoisotopic (exact) mass is 184 g/mol. The van der Waals surface area contributed by atoms with Gasteiger partial charge in [-0.2, -0.15) is 0 Å². The van der Waals surface area contributed by atoms with Crippen molar-refractivity contribution < 1.29 is 4.74 Å². The molecule has 1 nitrogen and oxygen atoms in total. The molecule has 2 aliphatic rings. The molecular formula is C13H12O. The average molecular weight is 184 g/mol. The quantitative estimate of drug-likeness (QED) is 0.602. The topological polar surface area (TPSA) is 9.23 Å². The maximum atomic E-state index is 5.74. The summed E-state index contributed by atoms with van der Waals surface area (Å²) in [7, 11) is 0. The molecule has 14 heavy (non-hydrogen) atoms. The zero-order valence-corrected chi connectivity index (χ0v) is 7.94. The third-order valence-corrected chi connectivity index (χ3v) is 2.99. The second-order valence-corrected chi connectivity index (χ2v) is 3.99. The SMILES string of the molecule is C1=COC2(C=C1)Cc1ccccc1C2. The van der Waals surface area contributed by atoms with Gasteiger partial charge in [0.15, 0.2) is 0 Å². The minimum absolute atomic E-state index is 0.0849. The Hall–Kier alpha value is -1.50. The van der Waals surface area contributed by atoms with E-state index in [2.05, 4.69) is 36.4 Å². The maximum absolute atomic E-state index is 5.74. The Kier molecular flexibility index (Phi) is 1.54. The number of hydrogen-bond acceptors (Lipinski definition) is 1. The highest BCUT2D eigenvalue weighted by Crippen LogP contribution is 2.35. The molecular weight excluding hydrogens is 172 g/mol. The van der Waals surface area contributed by atoms with Crippen LogP contribution in [0.5, 0.6) is 0 Å². The molecule has 3 rings (SSSR count). The van der Waals surface area contributed by atoms with Crippen molar-refractivity contribution in [1.82, 2.24) is 0 Å². The van der Waals surface area contributed by atoms with E-state index < -0.39 is 0 Å². The van der Waals surface area contributed by atoms with Gasteiger partial charge in [0.2, 0.25) is 0 Å². The Balaban J connectivity index is 1.98. The number of rotatable bonds is 0. The number of fused-ring (bicyclic) bond motifs is 1. The summed E-state index contributed by atoms with van der Waals surface area (Å²) in [6.45, 7) is 0. The summed E-state index contributed by atoms with van der Waals surface area (Å²) >= 11 is 0. The number of allylic oxidation sites excluding steroid dienone is 2. The average Bonchev–Trinajstić information content (AvgIpc) is 2.56. The Labute approximate surface area is 83.7 Å². The van der Waals surface area contributed by atoms with Crippen LogP contribution in [-0.2, 0) is 17.6 Å². The van der Waals surface area contributed by atoms with E-state index in [4.69, 9.17) is 4.74 Å². The predicted octanol–water partition coefficient (Wildman–Crippen LogP) is 2.62. The van der Waals surface area contributed by atoms with Gasteiger partial charge >= 0.3 is 0 Å². The molecule has 0 unspecified atom stereocenters. The van der Waals surface area contributed by atoms with Crippen molar-refractivity contribution in [1.29, 1.82) is 0 Å². The van der Waals surface area contributed by atoms with Crippen LogP contribution in [0, 0.1) is 0 Å². The lowest BCUT2D eigenvalue weighted by Crippen LogP contribution is -2.29. The highest BCUT2D eigenvalue weighted by atomic mass is 16.5. The Morgan fingerprint density at radius 3 is 2.29 bits per heavy atom. The van der Waals surface area contributed by atoms with E-state index in [1.54, 1.807) is 6.26 Å². The molecule has 1 aromatic rings. The van der Waals surface area contributed by atoms with Crippen LogP contribution in [0.3, 0.4) is 0 Å². The standard InChI is InChI=1S/C13H12O/c1-2-6-12-10-13(9-11(12)5-1)7-3-4-8-14-13/h1-8H,9-10H2. The summed E-state index contributed by atoms with van der Waals surface area (Å²) < 4.78 is 5.74. The van der Waals surface area contributed by atoms with E-state index in [0.717, 1.165) is 12.8 Å². The Bertz CT molecular complexity index is 390. The largest absolute Gasteiger partial charge is 0.490 e. The van der Waals surface area contributed by atoms with E-state index in [1.807, 2.05) is 6.08 Å². The van der Waals surface area contributed by atoms with Crippen LogP contribution in [0.4, 0.5) is 0 Å². The zero-order valence-electron chi connectivity index (χ0n) is 7.94. The molecule has 0 fully saturated rings. The first-order valence-electron chi connectivity index (χ1n) is 4.97. The van der Waals surface area contributed by atoms with E-state index in [9.17, 15) is 0 Å². The summed E-state index contributed by atoms with van der Waals surface area (Å²) in [5, 5.41) is 0. The Morgan fingerprint density at radius 1 is 1.00 bits per heavy atom. The predicted molar refractivity (Wildman–Crippen MR) is 55.9 cm³/mol. The fourth-order valence-electron chi connectivity index (χ4n) is 2.30. The smallest absolute Gasteiger partial charge is 0.135 e. The minimum atomic E-state index is -0.0849. The molecule has 0 atom stereocenters. The summed E-state index contributed by atoms with van der Waals surface area (Å²) in [5.41, 5.74) is 2.76. The summed E-state index contributed by atoms with van der Waals surface area (Å²) in [6, 6.07) is 8.58. The number of benzene rings is 1. The second-order valence-electron chi connectivity index (χ2n) is 3.99. The van der Waals surface area contributed by atoms with Crippen molar-refractivity contribution in [2.75, 3.05) is 0 Å². The molecule has 0 aromatic heterocycles. The number of ether oxygens (including phenoxy) is 1. The van der Waals surface area contributed by atoms with Gasteiger partial charge in [-0.3, -0.25) is 0 Å². The summed E-state index contributed by atoms with van der Waals surface area (Å²) in [5.74, 6) is 0. The number of hydrogen-bond donors (Lipinski definition) is 0. The van der Waals surface area contributed by atoms with Crippen molar-refractivity contribution in [3.63, 3.8) is 0 Å². The van der Waals surface area contributed by atoms with Gasteiger partial charge in [-0.05, 0) is 23.3 Å². The fourth-order valence-corrected chi connectivity index (χ4v) is 2.30. The van der Waals surface area contributed by atoms with Crippen LogP contribution < -0.4 is 0 Å². The third-order valence-electron chi connectivity index (χ3n) is 2.99. The molecule has 1 aliphatic heterocycles. The first-order valence-corrected chi connectivity index (χ1v) is 4.97. The molecule has 0 radical (unpaired) electrons. The van der Waals surface area contributed by atoms with E-state index in [1.165, 1.54) is 11.1 Å². The van der Waals surface area contributed by atoms with E-state index >= 15 is 0 Å². The minimum Gasteiger partial charge on any atom is -0.490 e. The van der Waals surface area contributed by atoms with Crippen LogP contribution in [0.25, 0.3) is 0 Å². The van der Waals surface area contributed by atoms with Gasteiger partial charge in [-0.15, -0.1) is 0 Å². The van der Waals surface area contributed by atoms with Gasteiger partial charge in [0, 0.05) is 12.8 Å². The zero-order chi connectivity index (χ0) is 9.43.